The van der Waals surface area contributed by atoms with Crippen molar-refractivity contribution in [1.82, 2.24) is 9.97 Å². The van der Waals surface area contributed by atoms with E-state index in [1.54, 1.807) is 18.5 Å². The second kappa shape index (κ2) is 7.67. The highest BCUT2D eigenvalue weighted by Gasteiger charge is 2.21. The number of aromatic nitrogens is 2. The summed E-state index contributed by atoms with van der Waals surface area (Å²) < 4.78 is 40.5. The summed E-state index contributed by atoms with van der Waals surface area (Å²) >= 11 is 5.86. The van der Waals surface area contributed by atoms with Gasteiger partial charge < -0.3 is 9.80 Å². The van der Waals surface area contributed by atoms with Crippen molar-refractivity contribution in [3.8, 4) is 11.3 Å². The van der Waals surface area contributed by atoms with Crippen molar-refractivity contribution in [1.29, 1.82) is 0 Å². The summed E-state index contributed by atoms with van der Waals surface area (Å²) in [6.45, 7) is 2.35. The molecule has 4 nitrogen and oxygen atoms in total. The Morgan fingerprint density at radius 1 is 0.821 bits per heavy atom. The molecule has 3 aromatic rings. The maximum absolute atomic E-state index is 14.0. The molecule has 0 bridgehead atoms. The summed E-state index contributed by atoms with van der Waals surface area (Å²) in [5.41, 5.74) is 1.65. The van der Waals surface area contributed by atoms with Crippen LogP contribution in [0.4, 0.5) is 24.7 Å². The second-order valence-electron chi connectivity index (χ2n) is 6.46. The Morgan fingerprint density at radius 2 is 1.57 bits per heavy atom. The summed E-state index contributed by atoms with van der Waals surface area (Å²) in [5, 5.41) is 0.0274. The van der Waals surface area contributed by atoms with Gasteiger partial charge in [0.15, 0.2) is 0 Å². The Morgan fingerprint density at radius 3 is 2.29 bits per heavy atom. The summed E-state index contributed by atoms with van der Waals surface area (Å²) in [6, 6.07) is 8.02. The number of rotatable bonds is 3. The molecule has 0 radical (unpaired) electrons. The minimum atomic E-state index is -0.590. The number of hydrogen-bond donors (Lipinski definition) is 0. The van der Waals surface area contributed by atoms with E-state index in [0.717, 1.165) is 6.07 Å². The highest BCUT2D eigenvalue weighted by Crippen LogP contribution is 2.26. The van der Waals surface area contributed by atoms with Gasteiger partial charge in [0, 0.05) is 37.8 Å². The lowest BCUT2D eigenvalue weighted by Crippen LogP contribution is -2.47. The van der Waals surface area contributed by atoms with Gasteiger partial charge in [-0.3, -0.25) is 4.98 Å². The summed E-state index contributed by atoms with van der Waals surface area (Å²) in [6.07, 6.45) is 3.25. The van der Waals surface area contributed by atoms with E-state index in [-0.39, 0.29) is 5.02 Å². The fourth-order valence-corrected chi connectivity index (χ4v) is 3.40. The summed E-state index contributed by atoms with van der Waals surface area (Å²) in [7, 11) is 0. The van der Waals surface area contributed by atoms with Gasteiger partial charge in [-0.15, -0.1) is 0 Å². The van der Waals surface area contributed by atoms with Crippen LogP contribution >= 0.6 is 11.6 Å². The lowest BCUT2D eigenvalue weighted by atomic mass is 10.1. The Bertz CT molecular complexity index is 1010. The van der Waals surface area contributed by atoms with Crippen molar-refractivity contribution in [2.45, 2.75) is 0 Å². The molecule has 1 saturated heterocycles. The molecule has 0 unspecified atom stereocenters. The zero-order chi connectivity index (χ0) is 19.7. The number of nitrogens with zero attached hydrogens (tertiary/aromatic N) is 4. The molecule has 0 amide bonds. The largest absolute Gasteiger partial charge is 0.366 e. The Hall–Kier alpha value is -2.80. The Kier molecular flexibility index (Phi) is 5.09. The number of anilines is 2. The highest BCUT2D eigenvalue weighted by molar-refractivity contribution is 6.31. The van der Waals surface area contributed by atoms with Gasteiger partial charge in [-0.1, -0.05) is 11.6 Å². The molecule has 2 heterocycles. The van der Waals surface area contributed by atoms with Crippen LogP contribution in [0.15, 0.2) is 48.8 Å². The van der Waals surface area contributed by atoms with E-state index in [1.165, 1.54) is 24.3 Å². The van der Waals surface area contributed by atoms with Gasteiger partial charge >= 0.3 is 0 Å². The van der Waals surface area contributed by atoms with Crippen LogP contribution in [0.25, 0.3) is 11.3 Å². The molecule has 0 aliphatic carbocycles. The first-order valence-corrected chi connectivity index (χ1v) is 9.11. The minimum absolute atomic E-state index is 0.0274. The first kappa shape index (κ1) is 18.6. The predicted molar refractivity (Wildman–Crippen MR) is 103 cm³/mol. The third-order valence-corrected chi connectivity index (χ3v) is 4.98. The van der Waals surface area contributed by atoms with Crippen molar-refractivity contribution in [2.75, 3.05) is 36.0 Å². The van der Waals surface area contributed by atoms with E-state index in [4.69, 9.17) is 11.6 Å². The number of benzene rings is 2. The Labute approximate surface area is 165 Å². The van der Waals surface area contributed by atoms with Crippen LogP contribution in [0.3, 0.4) is 0 Å². The lowest BCUT2D eigenvalue weighted by molar-refractivity contribution is 0.570. The van der Waals surface area contributed by atoms with Gasteiger partial charge in [0.1, 0.15) is 23.3 Å². The zero-order valence-corrected chi connectivity index (χ0v) is 15.5. The third-order valence-electron chi connectivity index (χ3n) is 4.69. The molecule has 1 aliphatic rings. The van der Waals surface area contributed by atoms with Gasteiger partial charge in [-0.05, 0) is 30.3 Å². The molecule has 8 heteroatoms. The van der Waals surface area contributed by atoms with E-state index in [0.29, 0.717) is 48.9 Å². The van der Waals surface area contributed by atoms with Gasteiger partial charge in [0.05, 0.1) is 28.8 Å². The van der Waals surface area contributed by atoms with Crippen molar-refractivity contribution in [2.24, 2.45) is 0 Å². The van der Waals surface area contributed by atoms with Crippen LogP contribution in [-0.2, 0) is 0 Å². The van der Waals surface area contributed by atoms with Gasteiger partial charge in [-0.25, -0.2) is 18.2 Å². The van der Waals surface area contributed by atoms with E-state index in [1.807, 2.05) is 9.80 Å². The SMILES string of the molecule is Fc1ccc(N2CCN(c3cncc(-c4ccc(F)c(Cl)c4)n3)CC2)c(F)c1. The molecular weight excluding hydrogens is 389 g/mol. The normalized spacial score (nSPS) is 14.4. The quantitative estimate of drug-likeness (QED) is 0.641. The first-order valence-electron chi connectivity index (χ1n) is 8.74. The van der Waals surface area contributed by atoms with E-state index in [9.17, 15) is 13.2 Å². The smallest absolute Gasteiger partial charge is 0.149 e. The molecule has 0 N–H and O–H groups in total. The van der Waals surface area contributed by atoms with Crippen LogP contribution in [0.1, 0.15) is 0 Å². The molecule has 0 atom stereocenters. The van der Waals surface area contributed by atoms with Crippen LogP contribution in [0, 0.1) is 17.5 Å². The molecule has 2 aromatic carbocycles. The van der Waals surface area contributed by atoms with Crippen LogP contribution in [0.5, 0.6) is 0 Å². The molecule has 1 fully saturated rings. The van der Waals surface area contributed by atoms with Crippen molar-refractivity contribution in [3.05, 3.63) is 71.3 Å². The average molecular weight is 405 g/mol. The number of halogens is 4. The van der Waals surface area contributed by atoms with Crippen molar-refractivity contribution >= 4 is 23.1 Å². The molecule has 28 heavy (non-hydrogen) atoms. The van der Waals surface area contributed by atoms with Gasteiger partial charge in [0.25, 0.3) is 0 Å². The monoisotopic (exact) mass is 404 g/mol. The molecule has 4 rings (SSSR count). The van der Waals surface area contributed by atoms with E-state index in [2.05, 4.69) is 9.97 Å². The third kappa shape index (κ3) is 3.75. The minimum Gasteiger partial charge on any atom is -0.366 e. The maximum atomic E-state index is 14.0. The van der Waals surface area contributed by atoms with E-state index < -0.39 is 17.5 Å². The standard InChI is InChI=1S/C20H16ClF3N4/c21-15-9-13(1-3-16(15)23)18-11-25-12-20(26-18)28-7-5-27(6-8-28)19-4-2-14(22)10-17(19)24/h1-4,9-12H,5-8H2. The zero-order valence-electron chi connectivity index (χ0n) is 14.7. The summed E-state index contributed by atoms with van der Waals surface area (Å²) in [4.78, 5) is 12.8. The molecular formula is C20H16ClF3N4. The molecule has 1 aliphatic heterocycles. The van der Waals surface area contributed by atoms with Crippen LogP contribution < -0.4 is 9.80 Å². The number of piperazine rings is 1. The van der Waals surface area contributed by atoms with Gasteiger partial charge in [0.2, 0.25) is 0 Å². The second-order valence-corrected chi connectivity index (χ2v) is 6.87. The first-order chi connectivity index (χ1) is 13.5. The van der Waals surface area contributed by atoms with Crippen molar-refractivity contribution in [3.63, 3.8) is 0 Å². The average Bonchev–Trinajstić information content (AvgIpc) is 2.70. The van der Waals surface area contributed by atoms with Gasteiger partial charge in [-0.2, -0.15) is 0 Å². The molecule has 144 valence electrons. The van der Waals surface area contributed by atoms with E-state index >= 15 is 0 Å². The fraction of sp³-hybridized carbons (Fsp3) is 0.200. The highest BCUT2D eigenvalue weighted by atomic mass is 35.5. The molecule has 1 aromatic heterocycles. The van der Waals surface area contributed by atoms with Crippen LogP contribution in [-0.4, -0.2) is 36.1 Å². The molecule has 0 spiro atoms. The summed E-state index contributed by atoms with van der Waals surface area (Å²) in [5.74, 6) is -0.966. The predicted octanol–water partition coefficient (Wildman–Crippen LogP) is 4.54. The number of hydrogen-bond acceptors (Lipinski definition) is 4. The lowest BCUT2D eigenvalue weighted by Gasteiger charge is -2.36. The van der Waals surface area contributed by atoms with Crippen LogP contribution in [0.2, 0.25) is 5.02 Å². The fourth-order valence-electron chi connectivity index (χ4n) is 3.22. The maximum Gasteiger partial charge on any atom is 0.149 e. The topological polar surface area (TPSA) is 32.3 Å². The van der Waals surface area contributed by atoms with Crippen molar-refractivity contribution < 1.29 is 13.2 Å². The Balaban J connectivity index is 1.50. The molecule has 0 saturated carbocycles.